The molecule has 2 aliphatic heterocycles. The molecular formula is C20H32N4O4S. The van der Waals surface area contributed by atoms with Crippen LogP contribution < -0.4 is 10.5 Å². The van der Waals surface area contributed by atoms with Gasteiger partial charge in [0.05, 0.1) is 23.7 Å². The third-order valence-corrected chi connectivity index (χ3v) is 6.33. The largest absolute Gasteiger partial charge is 0.376 e. The predicted molar refractivity (Wildman–Crippen MR) is 112 cm³/mol. The third-order valence-electron chi connectivity index (χ3n) is 5.42. The van der Waals surface area contributed by atoms with Gasteiger partial charge in [0.1, 0.15) is 0 Å². The average molecular weight is 425 g/mol. The van der Waals surface area contributed by atoms with Gasteiger partial charge in [-0.05, 0) is 49.8 Å². The summed E-state index contributed by atoms with van der Waals surface area (Å²) in [6, 6.07) is 6.64. The molecule has 8 nitrogen and oxygen atoms in total. The minimum Gasteiger partial charge on any atom is -0.376 e. The van der Waals surface area contributed by atoms with Crippen molar-refractivity contribution >= 4 is 16.0 Å². The summed E-state index contributed by atoms with van der Waals surface area (Å²) in [6.07, 6.45) is 5.91. The minimum atomic E-state index is -3.70. The minimum absolute atomic E-state index is 0.117. The fourth-order valence-corrected chi connectivity index (χ4v) is 4.35. The zero-order valence-electron chi connectivity index (χ0n) is 17.0. The second-order valence-corrected chi connectivity index (χ2v) is 9.16. The number of hydrogen-bond donors (Lipinski definition) is 2. The number of primary sulfonamides is 1. The van der Waals surface area contributed by atoms with Gasteiger partial charge in [0.2, 0.25) is 10.0 Å². The van der Waals surface area contributed by atoms with E-state index in [1.165, 1.54) is 12.5 Å². The number of benzene rings is 1. The SMILES string of the molecule is CN=C(NCc1cccc(S(N)(=O)=O)c1)N1CCC(OCC2CCCCO2)CC1. The Balaban J connectivity index is 1.44. The molecule has 1 unspecified atom stereocenters. The summed E-state index contributed by atoms with van der Waals surface area (Å²) in [5.41, 5.74) is 0.836. The number of rotatable bonds is 6. The smallest absolute Gasteiger partial charge is 0.238 e. The van der Waals surface area contributed by atoms with Gasteiger partial charge >= 0.3 is 0 Å². The summed E-state index contributed by atoms with van der Waals surface area (Å²) in [6.45, 7) is 3.76. The number of hydrogen-bond acceptors (Lipinski definition) is 5. The van der Waals surface area contributed by atoms with Crippen LogP contribution >= 0.6 is 0 Å². The van der Waals surface area contributed by atoms with E-state index >= 15 is 0 Å². The molecule has 0 spiro atoms. The molecule has 2 aliphatic rings. The van der Waals surface area contributed by atoms with Gasteiger partial charge in [-0.1, -0.05) is 12.1 Å². The van der Waals surface area contributed by atoms with Crippen LogP contribution in [0.2, 0.25) is 0 Å². The molecule has 2 saturated heterocycles. The molecular weight excluding hydrogens is 392 g/mol. The molecule has 29 heavy (non-hydrogen) atoms. The molecule has 1 aromatic carbocycles. The monoisotopic (exact) mass is 424 g/mol. The Kier molecular flexibility index (Phi) is 7.88. The lowest BCUT2D eigenvalue weighted by atomic mass is 10.1. The summed E-state index contributed by atoms with van der Waals surface area (Å²) in [7, 11) is -1.95. The fourth-order valence-electron chi connectivity index (χ4n) is 3.76. The number of piperidine rings is 1. The zero-order valence-corrected chi connectivity index (χ0v) is 17.9. The molecule has 1 atom stereocenters. The summed E-state index contributed by atoms with van der Waals surface area (Å²) in [4.78, 5) is 6.70. The highest BCUT2D eigenvalue weighted by Crippen LogP contribution is 2.18. The molecule has 2 fully saturated rings. The van der Waals surface area contributed by atoms with Gasteiger partial charge in [0.25, 0.3) is 0 Å². The van der Waals surface area contributed by atoms with Crippen LogP contribution in [-0.2, 0) is 26.0 Å². The average Bonchev–Trinajstić information content (AvgIpc) is 2.74. The van der Waals surface area contributed by atoms with Gasteiger partial charge in [-0.15, -0.1) is 0 Å². The van der Waals surface area contributed by atoms with E-state index in [0.717, 1.165) is 56.9 Å². The molecule has 0 radical (unpaired) electrons. The van der Waals surface area contributed by atoms with Crippen LogP contribution in [0.4, 0.5) is 0 Å². The van der Waals surface area contributed by atoms with Gasteiger partial charge in [0.15, 0.2) is 5.96 Å². The lowest BCUT2D eigenvalue weighted by Gasteiger charge is -2.35. The maximum Gasteiger partial charge on any atom is 0.238 e. The molecule has 9 heteroatoms. The lowest BCUT2D eigenvalue weighted by molar-refractivity contribution is -0.0721. The maximum atomic E-state index is 11.5. The van der Waals surface area contributed by atoms with Crippen molar-refractivity contribution in [3.05, 3.63) is 29.8 Å². The summed E-state index contributed by atoms with van der Waals surface area (Å²) >= 11 is 0. The highest BCUT2D eigenvalue weighted by molar-refractivity contribution is 7.89. The molecule has 0 aliphatic carbocycles. The summed E-state index contributed by atoms with van der Waals surface area (Å²) < 4.78 is 34.9. The third kappa shape index (κ3) is 6.67. The Morgan fingerprint density at radius 1 is 1.31 bits per heavy atom. The standard InChI is InChI=1S/C20H32N4O4S/c1-22-20(23-14-16-5-4-7-19(13-16)29(21,25)26)24-10-8-17(9-11-24)28-15-18-6-2-3-12-27-18/h4-5,7,13,17-18H,2-3,6,8-12,14-15H2,1H3,(H,22,23)(H2,21,25,26). The number of sulfonamides is 1. The van der Waals surface area contributed by atoms with Crippen LogP contribution in [0.3, 0.4) is 0 Å². The molecule has 0 bridgehead atoms. The number of ether oxygens (including phenoxy) is 2. The zero-order chi connectivity index (χ0) is 20.7. The van der Waals surface area contributed by atoms with E-state index < -0.39 is 10.0 Å². The van der Waals surface area contributed by atoms with Crippen LogP contribution in [0.5, 0.6) is 0 Å². The Morgan fingerprint density at radius 2 is 2.10 bits per heavy atom. The molecule has 0 aromatic heterocycles. The topological polar surface area (TPSA) is 106 Å². The molecule has 3 rings (SSSR count). The van der Waals surface area contributed by atoms with Gasteiger partial charge in [-0.2, -0.15) is 0 Å². The van der Waals surface area contributed by atoms with Crippen LogP contribution in [0.25, 0.3) is 0 Å². The van der Waals surface area contributed by atoms with Crippen molar-refractivity contribution in [2.24, 2.45) is 10.1 Å². The van der Waals surface area contributed by atoms with E-state index in [1.54, 1.807) is 19.2 Å². The second-order valence-electron chi connectivity index (χ2n) is 7.60. The first-order valence-electron chi connectivity index (χ1n) is 10.3. The molecule has 162 valence electrons. The first-order chi connectivity index (χ1) is 14.0. The lowest BCUT2D eigenvalue weighted by Crippen LogP contribution is -2.47. The van der Waals surface area contributed by atoms with Crippen LogP contribution in [0.1, 0.15) is 37.7 Å². The summed E-state index contributed by atoms with van der Waals surface area (Å²) in [5.74, 6) is 0.806. The van der Waals surface area contributed by atoms with E-state index in [1.807, 2.05) is 6.07 Å². The van der Waals surface area contributed by atoms with Crippen molar-refractivity contribution < 1.29 is 17.9 Å². The van der Waals surface area contributed by atoms with Crippen molar-refractivity contribution in [3.8, 4) is 0 Å². The highest BCUT2D eigenvalue weighted by atomic mass is 32.2. The van der Waals surface area contributed by atoms with E-state index in [9.17, 15) is 8.42 Å². The van der Waals surface area contributed by atoms with E-state index in [0.29, 0.717) is 13.2 Å². The number of guanidine groups is 1. The van der Waals surface area contributed by atoms with Gasteiger partial charge in [0, 0.05) is 33.3 Å². The normalized spacial score (nSPS) is 21.9. The van der Waals surface area contributed by atoms with Gasteiger partial charge < -0.3 is 19.7 Å². The first-order valence-corrected chi connectivity index (χ1v) is 11.8. The predicted octanol–water partition coefficient (Wildman–Crippen LogP) is 1.46. The van der Waals surface area contributed by atoms with Gasteiger partial charge in [-0.25, -0.2) is 13.6 Å². The molecule has 0 amide bonds. The molecule has 1 aromatic rings. The Bertz CT molecular complexity index is 785. The van der Waals surface area contributed by atoms with Crippen LogP contribution in [0, 0.1) is 0 Å². The second kappa shape index (κ2) is 10.4. The first kappa shape index (κ1) is 22.0. The Labute approximate surface area is 173 Å². The number of aliphatic imine (C=N–C) groups is 1. The van der Waals surface area contributed by atoms with E-state index in [-0.39, 0.29) is 17.1 Å². The van der Waals surface area contributed by atoms with Crippen molar-refractivity contribution in [3.63, 3.8) is 0 Å². The number of nitrogens with two attached hydrogens (primary N) is 1. The maximum absolute atomic E-state index is 11.5. The van der Waals surface area contributed by atoms with E-state index in [2.05, 4.69) is 15.2 Å². The van der Waals surface area contributed by atoms with Crippen LogP contribution in [-0.4, -0.2) is 64.8 Å². The Hall–Kier alpha value is -1.68. The highest BCUT2D eigenvalue weighted by Gasteiger charge is 2.23. The van der Waals surface area contributed by atoms with Crippen molar-refractivity contribution in [2.45, 2.75) is 55.8 Å². The van der Waals surface area contributed by atoms with Crippen molar-refractivity contribution in [2.75, 3.05) is 33.4 Å². The molecule has 3 N–H and O–H groups in total. The number of likely N-dealkylation sites (tertiary alicyclic amines) is 1. The fraction of sp³-hybridized carbons (Fsp3) is 0.650. The van der Waals surface area contributed by atoms with Gasteiger partial charge in [-0.3, -0.25) is 4.99 Å². The molecule has 0 saturated carbocycles. The van der Waals surface area contributed by atoms with E-state index in [4.69, 9.17) is 14.6 Å². The summed E-state index contributed by atoms with van der Waals surface area (Å²) in [5, 5.41) is 8.52. The number of nitrogens with zero attached hydrogens (tertiary/aromatic N) is 2. The quantitative estimate of drug-likeness (QED) is 0.529. The van der Waals surface area contributed by atoms with Crippen LogP contribution in [0.15, 0.2) is 34.2 Å². The van der Waals surface area contributed by atoms with Crippen molar-refractivity contribution in [1.82, 2.24) is 10.2 Å². The van der Waals surface area contributed by atoms with Crippen molar-refractivity contribution in [1.29, 1.82) is 0 Å². The Morgan fingerprint density at radius 3 is 2.76 bits per heavy atom. The molecule has 2 heterocycles. The number of nitrogens with one attached hydrogen (secondary N) is 1.